The fourth-order valence-electron chi connectivity index (χ4n) is 1.87. The van der Waals surface area contributed by atoms with Crippen LogP contribution in [-0.2, 0) is 16.1 Å². The van der Waals surface area contributed by atoms with E-state index in [0.29, 0.717) is 17.7 Å². The number of hydrogen-bond donors (Lipinski definition) is 0. The summed E-state index contributed by atoms with van der Waals surface area (Å²) in [5.74, 6) is -0.347. The topological polar surface area (TPSA) is 42.2 Å². The molecule has 0 N–H and O–H groups in total. The molecule has 0 bridgehead atoms. The third-order valence-corrected chi connectivity index (χ3v) is 2.77. The second-order valence-electron chi connectivity index (χ2n) is 4.06. The molecule has 0 amide bonds. The van der Waals surface area contributed by atoms with E-state index in [2.05, 4.69) is 0 Å². The smallest absolute Gasteiger partial charge is 0.123 e. The lowest BCUT2D eigenvalue weighted by molar-refractivity contribution is 0.0105. The Hall–Kier alpha value is -1.44. The van der Waals surface area contributed by atoms with Crippen LogP contribution in [0, 0.1) is 17.1 Å². The number of halogens is 1. The molecule has 0 aromatic heterocycles. The molecule has 3 nitrogen and oxygen atoms in total. The summed E-state index contributed by atoms with van der Waals surface area (Å²) in [5.41, 5.74) is 1.05. The van der Waals surface area contributed by atoms with Crippen LogP contribution in [0.25, 0.3) is 0 Å². The number of nitrogens with zero attached hydrogens (tertiary/aromatic N) is 1. The van der Waals surface area contributed by atoms with E-state index in [1.165, 1.54) is 18.2 Å². The highest BCUT2D eigenvalue weighted by atomic mass is 19.1. The van der Waals surface area contributed by atoms with Gasteiger partial charge in [0.05, 0.1) is 31.0 Å². The predicted octanol–water partition coefficient (Wildman–Crippen LogP) is 2.39. The van der Waals surface area contributed by atoms with Crippen LogP contribution >= 0.6 is 0 Å². The first-order valence-electron chi connectivity index (χ1n) is 5.67. The van der Waals surface area contributed by atoms with Crippen molar-refractivity contribution in [3.63, 3.8) is 0 Å². The number of nitriles is 1. The van der Waals surface area contributed by atoms with Gasteiger partial charge in [0.1, 0.15) is 5.82 Å². The highest BCUT2D eigenvalue weighted by Crippen LogP contribution is 2.15. The molecular formula is C13H14FNO2. The van der Waals surface area contributed by atoms with Gasteiger partial charge >= 0.3 is 0 Å². The average Bonchev–Trinajstić information content (AvgIpc) is 2.82. The molecule has 17 heavy (non-hydrogen) atoms. The number of hydrogen-bond acceptors (Lipinski definition) is 3. The monoisotopic (exact) mass is 235 g/mol. The van der Waals surface area contributed by atoms with Gasteiger partial charge in [-0.05, 0) is 36.6 Å². The van der Waals surface area contributed by atoms with Gasteiger partial charge in [-0.3, -0.25) is 0 Å². The molecule has 1 heterocycles. The van der Waals surface area contributed by atoms with Crippen molar-refractivity contribution in [2.75, 3.05) is 13.2 Å². The second kappa shape index (κ2) is 5.76. The summed E-state index contributed by atoms with van der Waals surface area (Å²) in [4.78, 5) is 0. The van der Waals surface area contributed by atoms with Gasteiger partial charge in [0.15, 0.2) is 0 Å². The van der Waals surface area contributed by atoms with Gasteiger partial charge in [0.25, 0.3) is 0 Å². The van der Waals surface area contributed by atoms with E-state index in [-0.39, 0.29) is 18.5 Å². The van der Waals surface area contributed by atoms with Crippen molar-refractivity contribution in [2.24, 2.45) is 0 Å². The van der Waals surface area contributed by atoms with Crippen LogP contribution in [0.15, 0.2) is 18.2 Å². The quantitative estimate of drug-likeness (QED) is 0.804. The van der Waals surface area contributed by atoms with E-state index in [1.807, 2.05) is 6.07 Å². The zero-order valence-corrected chi connectivity index (χ0v) is 9.49. The molecule has 1 aliphatic heterocycles. The van der Waals surface area contributed by atoms with E-state index in [1.54, 1.807) is 0 Å². The summed E-state index contributed by atoms with van der Waals surface area (Å²) in [7, 11) is 0. The van der Waals surface area contributed by atoms with Crippen LogP contribution in [0.4, 0.5) is 4.39 Å². The zero-order valence-electron chi connectivity index (χ0n) is 9.49. The average molecular weight is 235 g/mol. The lowest BCUT2D eigenvalue weighted by atomic mass is 10.1. The van der Waals surface area contributed by atoms with Crippen molar-refractivity contribution in [2.45, 2.75) is 25.6 Å². The van der Waals surface area contributed by atoms with Crippen LogP contribution in [0.5, 0.6) is 0 Å². The Labute approximate surface area is 99.8 Å². The molecule has 1 aromatic carbocycles. The van der Waals surface area contributed by atoms with Gasteiger partial charge in [-0.25, -0.2) is 4.39 Å². The van der Waals surface area contributed by atoms with E-state index in [9.17, 15) is 4.39 Å². The molecule has 1 aromatic rings. The van der Waals surface area contributed by atoms with Crippen LogP contribution in [0.2, 0.25) is 0 Å². The summed E-state index contributed by atoms with van der Waals surface area (Å²) in [6, 6.07) is 6.12. The summed E-state index contributed by atoms with van der Waals surface area (Å²) in [6.45, 7) is 1.54. The SMILES string of the molecule is N#Cc1ccc(F)cc1COCC1CCCO1. The van der Waals surface area contributed by atoms with Gasteiger partial charge < -0.3 is 9.47 Å². The maximum absolute atomic E-state index is 13.0. The van der Waals surface area contributed by atoms with Gasteiger partial charge in [0, 0.05) is 6.61 Å². The van der Waals surface area contributed by atoms with Gasteiger partial charge in [-0.15, -0.1) is 0 Å². The Bertz CT molecular complexity index is 422. The third kappa shape index (κ3) is 3.26. The Kier molecular flexibility index (Phi) is 4.08. The van der Waals surface area contributed by atoms with Gasteiger partial charge in [0.2, 0.25) is 0 Å². The molecule has 1 unspecified atom stereocenters. The summed E-state index contributed by atoms with van der Waals surface area (Å²) < 4.78 is 23.9. The summed E-state index contributed by atoms with van der Waals surface area (Å²) >= 11 is 0. The maximum atomic E-state index is 13.0. The Morgan fingerprint density at radius 1 is 1.53 bits per heavy atom. The minimum absolute atomic E-state index is 0.147. The molecule has 0 saturated carbocycles. The van der Waals surface area contributed by atoms with E-state index in [0.717, 1.165) is 19.4 Å². The first kappa shape index (κ1) is 12.0. The molecule has 1 atom stereocenters. The first-order valence-corrected chi connectivity index (χ1v) is 5.67. The fraction of sp³-hybridized carbons (Fsp3) is 0.462. The maximum Gasteiger partial charge on any atom is 0.123 e. The molecule has 1 aliphatic rings. The van der Waals surface area contributed by atoms with E-state index < -0.39 is 0 Å². The van der Waals surface area contributed by atoms with Gasteiger partial charge in [-0.1, -0.05) is 0 Å². The largest absolute Gasteiger partial charge is 0.376 e. The molecule has 90 valence electrons. The molecule has 1 saturated heterocycles. The number of ether oxygens (including phenoxy) is 2. The fourth-order valence-corrected chi connectivity index (χ4v) is 1.87. The van der Waals surface area contributed by atoms with E-state index in [4.69, 9.17) is 14.7 Å². The minimum atomic E-state index is -0.347. The molecule has 2 rings (SSSR count). The molecule has 4 heteroatoms. The van der Waals surface area contributed by atoms with Crippen LogP contribution in [-0.4, -0.2) is 19.3 Å². The lowest BCUT2D eigenvalue weighted by Gasteiger charge is -2.10. The third-order valence-electron chi connectivity index (χ3n) is 2.77. The second-order valence-corrected chi connectivity index (χ2v) is 4.06. The van der Waals surface area contributed by atoms with Crippen molar-refractivity contribution < 1.29 is 13.9 Å². The summed E-state index contributed by atoms with van der Waals surface area (Å²) in [5, 5.41) is 8.87. The normalized spacial score (nSPS) is 19.2. The molecule has 1 fully saturated rings. The Balaban J connectivity index is 1.89. The highest BCUT2D eigenvalue weighted by molar-refractivity contribution is 5.37. The number of benzene rings is 1. The number of rotatable bonds is 4. The Morgan fingerprint density at radius 2 is 2.41 bits per heavy atom. The van der Waals surface area contributed by atoms with Crippen molar-refractivity contribution in [3.05, 3.63) is 35.1 Å². The zero-order chi connectivity index (χ0) is 12.1. The highest BCUT2D eigenvalue weighted by Gasteiger charge is 2.15. The van der Waals surface area contributed by atoms with Crippen LogP contribution < -0.4 is 0 Å². The molecule has 0 aliphatic carbocycles. The van der Waals surface area contributed by atoms with Gasteiger partial charge in [-0.2, -0.15) is 5.26 Å². The van der Waals surface area contributed by atoms with Crippen LogP contribution in [0.3, 0.4) is 0 Å². The standard InChI is InChI=1S/C13H14FNO2/c14-12-4-3-10(7-15)11(6-12)8-16-9-13-2-1-5-17-13/h3-4,6,13H,1-2,5,8-9H2. The van der Waals surface area contributed by atoms with Crippen molar-refractivity contribution in [1.29, 1.82) is 5.26 Å². The summed E-state index contributed by atoms with van der Waals surface area (Å²) in [6.07, 6.45) is 2.22. The minimum Gasteiger partial charge on any atom is -0.376 e. The molecular weight excluding hydrogens is 221 g/mol. The van der Waals surface area contributed by atoms with Crippen molar-refractivity contribution in [3.8, 4) is 6.07 Å². The van der Waals surface area contributed by atoms with Crippen molar-refractivity contribution in [1.82, 2.24) is 0 Å². The van der Waals surface area contributed by atoms with Crippen LogP contribution in [0.1, 0.15) is 24.0 Å². The Morgan fingerprint density at radius 3 is 3.12 bits per heavy atom. The molecule has 0 radical (unpaired) electrons. The first-order chi connectivity index (χ1) is 8.29. The van der Waals surface area contributed by atoms with Crippen molar-refractivity contribution >= 4 is 0 Å². The predicted molar refractivity (Wildman–Crippen MR) is 59.7 cm³/mol. The van der Waals surface area contributed by atoms with E-state index >= 15 is 0 Å². The molecule has 0 spiro atoms. The lowest BCUT2D eigenvalue weighted by Crippen LogP contribution is -2.14.